The molecule has 1 aromatic rings. The number of nitrogens with zero attached hydrogens (tertiary/aromatic N) is 1. The molecular weight excluding hydrogens is 311 g/mol. The van der Waals surface area contributed by atoms with Crippen LogP contribution in [0.1, 0.15) is 19.8 Å². The van der Waals surface area contributed by atoms with E-state index in [0.29, 0.717) is 38.0 Å². The summed E-state index contributed by atoms with van der Waals surface area (Å²) in [5, 5.41) is 9.13. The maximum Gasteiger partial charge on any atom is 0.223 e. The molecule has 0 atom stereocenters. The first-order chi connectivity index (χ1) is 11.7. The maximum absolute atomic E-state index is 13.0. The van der Waals surface area contributed by atoms with E-state index < -0.39 is 0 Å². The van der Waals surface area contributed by atoms with Crippen molar-refractivity contribution in [2.24, 2.45) is 10.9 Å². The maximum atomic E-state index is 13.0. The van der Waals surface area contributed by atoms with E-state index in [-0.39, 0.29) is 17.6 Å². The third-order valence-electron chi connectivity index (χ3n) is 3.43. The molecule has 0 heterocycles. The van der Waals surface area contributed by atoms with E-state index in [9.17, 15) is 9.18 Å². The van der Waals surface area contributed by atoms with Crippen molar-refractivity contribution in [1.82, 2.24) is 16.0 Å². The van der Waals surface area contributed by atoms with Gasteiger partial charge in [-0.25, -0.2) is 4.39 Å². The molecule has 24 heavy (non-hydrogen) atoms. The molecule has 2 rings (SSSR count). The fraction of sp³-hybridized carbons (Fsp3) is 0.529. The number of aliphatic imine (C=N–C) groups is 1. The average Bonchev–Trinajstić information content (AvgIpc) is 3.40. The molecule has 0 aliphatic heterocycles. The van der Waals surface area contributed by atoms with Crippen molar-refractivity contribution in [3.8, 4) is 5.75 Å². The van der Waals surface area contributed by atoms with Gasteiger partial charge in [-0.2, -0.15) is 0 Å². The van der Waals surface area contributed by atoms with Crippen molar-refractivity contribution in [2.75, 3.05) is 32.8 Å². The summed E-state index contributed by atoms with van der Waals surface area (Å²) in [6.45, 7) is 4.70. The second-order valence-electron chi connectivity index (χ2n) is 5.56. The first kappa shape index (κ1) is 18.0. The van der Waals surface area contributed by atoms with Crippen molar-refractivity contribution < 1.29 is 13.9 Å². The van der Waals surface area contributed by atoms with Gasteiger partial charge < -0.3 is 20.7 Å². The van der Waals surface area contributed by atoms with Gasteiger partial charge in [0.25, 0.3) is 0 Å². The number of carbonyl (C=O) groups excluding carboxylic acids is 1. The van der Waals surface area contributed by atoms with Crippen LogP contribution >= 0.6 is 0 Å². The molecule has 1 fully saturated rings. The highest BCUT2D eigenvalue weighted by Crippen LogP contribution is 2.28. The van der Waals surface area contributed by atoms with E-state index in [0.717, 1.165) is 19.4 Å². The molecule has 1 aliphatic rings. The van der Waals surface area contributed by atoms with Gasteiger partial charge in [-0.3, -0.25) is 9.79 Å². The average molecular weight is 336 g/mol. The first-order valence-corrected chi connectivity index (χ1v) is 8.37. The van der Waals surface area contributed by atoms with E-state index in [4.69, 9.17) is 4.74 Å². The van der Waals surface area contributed by atoms with E-state index in [1.54, 1.807) is 12.1 Å². The van der Waals surface area contributed by atoms with Crippen LogP contribution in [0, 0.1) is 11.7 Å². The summed E-state index contributed by atoms with van der Waals surface area (Å²) < 4.78 is 18.5. The lowest BCUT2D eigenvalue weighted by Crippen LogP contribution is -2.40. The number of amides is 1. The second-order valence-corrected chi connectivity index (χ2v) is 5.56. The first-order valence-electron chi connectivity index (χ1n) is 8.37. The molecule has 1 aromatic carbocycles. The zero-order valence-electron chi connectivity index (χ0n) is 14.0. The van der Waals surface area contributed by atoms with Crippen LogP contribution in [0.2, 0.25) is 0 Å². The number of hydrogen-bond acceptors (Lipinski definition) is 3. The molecule has 7 heteroatoms. The number of rotatable bonds is 9. The fourth-order valence-corrected chi connectivity index (χ4v) is 2.07. The Morgan fingerprint density at radius 2 is 2.12 bits per heavy atom. The highest BCUT2D eigenvalue weighted by atomic mass is 19.1. The number of ether oxygens (including phenoxy) is 1. The van der Waals surface area contributed by atoms with Crippen LogP contribution in [0.4, 0.5) is 4.39 Å². The van der Waals surface area contributed by atoms with Crippen LogP contribution in [0.3, 0.4) is 0 Å². The van der Waals surface area contributed by atoms with Gasteiger partial charge in [-0.05, 0) is 31.9 Å². The minimum absolute atomic E-state index is 0.131. The lowest BCUT2D eigenvalue weighted by molar-refractivity contribution is -0.122. The van der Waals surface area contributed by atoms with Gasteiger partial charge in [0, 0.05) is 25.1 Å². The zero-order chi connectivity index (χ0) is 17.2. The monoisotopic (exact) mass is 336 g/mol. The van der Waals surface area contributed by atoms with Crippen LogP contribution in [-0.2, 0) is 4.79 Å². The third-order valence-corrected chi connectivity index (χ3v) is 3.43. The Balaban J connectivity index is 1.63. The van der Waals surface area contributed by atoms with Gasteiger partial charge in [0.2, 0.25) is 5.91 Å². The van der Waals surface area contributed by atoms with Crippen molar-refractivity contribution in [3.05, 3.63) is 30.1 Å². The van der Waals surface area contributed by atoms with Crippen molar-refractivity contribution in [3.63, 3.8) is 0 Å². The topological polar surface area (TPSA) is 74.8 Å². The van der Waals surface area contributed by atoms with Crippen molar-refractivity contribution in [1.29, 1.82) is 0 Å². The largest absolute Gasteiger partial charge is 0.492 e. The van der Waals surface area contributed by atoms with Crippen LogP contribution in [0.25, 0.3) is 0 Å². The molecule has 6 nitrogen and oxygen atoms in total. The van der Waals surface area contributed by atoms with Crippen LogP contribution < -0.4 is 20.7 Å². The molecule has 0 unspecified atom stereocenters. The molecule has 0 aromatic heterocycles. The Hall–Kier alpha value is -2.31. The number of guanidine groups is 1. The number of carbonyl (C=O) groups is 1. The minimum atomic E-state index is -0.316. The summed E-state index contributed by atoms with van der Waals surface area (Å²) >= 11 is 0. The van der Waals surface area contributed by atoms with Crippen LogP contribution in [0.5, 0.6) is 5.75 Å². The standard InChI is InChI=1S/C17H25FN4O2/c1-2-19-17(21-9-8-20-16(23)13-6-7-13)22-10-11-24-15-5-3-4-14(18)12-15/h3-5,12-13H,2,6-11H2,1H3,(H,20,23)(H2,19,21,22). The van der Waals surface area contributed by atoms with Crippen molar-refractivity contribution in [2.45, 2.75) is 19.8 Å². The Labute approximate surface area is 141 Å². The molecule has 0 saturated heterocycles. The Bertz CT molecular complexity index is 561. The molecular formula is C17H25FN4O2. The Kier molecular flexibility index (Phi) is 7.32. The molecule has 1 amide bonds. The van der Waals surface area contributed by atoms with E-state index in [1.165, 1.54) is 12.1 Å². The number of halogens is 1. The molecule has 0 radical (unpaired) electrons. The number of hydrogen-bond donors (Lipinski definition) is 3. The molecule has 132 valence electrons. The van der Waals surface area contributed by atoms with E-state index >= 15 is 0 Å². The smallest absolute Gasteiger partial charge is 0.223 e. The summed E-state index contributed by atoms with van der Waals surface area (Å²) in [4.78, 5) is 15.9. The SMILES string of the molecule is CCNC(=NCCNC(=O)C1CC1)NCCOc1cccc(F)c1. The normalized spacial score (nSPS) is 14.2. The summed E-state index contributed by atoms with van der Waals surface area (Å²) in [6, 6.07) is 6.05. The van der Waals surface area contributed by atoms with Gasteiger partial charge in [0.05, 0.1) is 13.1 Å². The van der Waals surface area contributed by atoms with Gasteiger partial charge in [-0.1, -0.05) is 6.07 Å². The Morgan fingerprint density at radius 1 is 1.29 bits per heavy atom. The Morgan fingerprint density at radius 3 is 2.83 bits per heavy atom. The summed E-state index contributed by atoms with van der Waals surface area (Å²) in [6.07, 6.45) is 2.01. The fourth-order valence-electron chi connectivity index (χ4n) is 2.07. The number of nitrogens with one attached hydrogen (secondary N) is 3. The van der Waals surface area contributed by atoms with Crippen LogP contribution in [0.15, 0.2) is 29.3 Å². The molecule has 1 aliphatic carbocycles. The van der Waals surface area contributed by atoms with Gasteiger partial charge >= 0.3 is 0 Å². The quantitative estimate of drug-likeness (QED) is 0.361. The second kappa shape index (κ2) is 9.75. The van der Waals surface area contributed by atoms with E-state index in [1.807, 2.05) is 6.92 Å². The van der Waals surface area contributed by atoms with Gasteiger partial charge in [-0.15, -0.1) is 0 Å². The molecule has 3 N–H and O–H groups in total. The molecule has 0 bridgehead atoms. The molecule has 1 saturated carbocycles. The van der Waals surface area contributed by atoms with E-state index in [2.05, 4.69) is 20.9 Å². The summed E-state index contributed by atoms with van der Waals surface area (Å²) in [5.41, 5.74) is 0. The minimum Gasteiger partial charge on any atom is -0.492 e. The zero-order valence-corrected chi connectivity index (χ0v) is 14.0. The third kappa shape index (κ3) is 6.85. The summed E-state index contributed by atoms with van der Waals surface area (Å²) in [7, 11) is 0. The predicted molar refractivity (Wildman–Crippen MR) is 91.6 cm³/mol. The highest BCUT2D eigenvalue weighted by molar-refractivity contribution is 5.81. The summed E-state index contributed by atoms with van der Waals surface area (Å²) in [5.74, 6) is 1.21. The lowest BCUT2D eigenvalue weighted by atomic mass is 10.3. The number of benzene rings is 1. The lowest BCUT2D eigenvalue weighted by Gasteiger charge is -2.12. The van der Waals surface area contributed by atoms with Crippen molar-refractivity contribution >= 4 is 11.9 Å². The van der Waals surface area contributed by atoms with Gasteiger partial charge in [0.15, 0.2) is 5.96 Å². The molecule has 0 spiro atoms. The highest BCUT2D eigenvalue weighted by Gasteiger charge is 2.28. The van der Waals surface area contributed by atoms with Crippen LogP contribution in [-0.4, -0.2) is 44.7 Å². The predicted octanol–water partition coefficient (Wildman–Crippen LogP) is 1.29. The van der Waals surface area contributed by atoms with Gasteiger partial charge in [0.1, 0.15) is 18.2 Å².